The van der Waals surface area contributed by atoms with E-state index >= 15 is 0 Å². The topological polar surface area (TPSA) is 46.1 Å². The summed E-state index contributed by atoms with van der Waals surface area (Å²) in [5.74, 6) is 0. The van der Waals surface area contributed by atoms with Gasteiger partial charge in [-0.25, -0.2) is 4.98 Å². The summed E-state index contributed by atoms with van der Waals surface area (Å²) in [6.45, 7) is 5.46. The number of methoxy groups -OCH3 is 1. The van der Waals surface area contributed by atoms with Crippen molar-refractivity contribution in [3.8, 4) is 0 Å². The average molecular weight is 280 g/mol. The summed E-state index contributed by atoms with van der Waals surface area (Å²) in [5, 5.41) is 0. The fourth-order valence-electron chi connectivity index (χ4n) is 2.01. The van der Waals surface area contributed by atoms with E-state index in [1.165, 1.54) is 5.56 Å². The molecule has 2 heterocycles. The first-order valence-electron chi connectivity index (χ1n) is 6.35. The van der Waals surface area contributed by atoms with Crippen molar-refractivity contribution in [2.45, 2.75) is 13.5 Å². The molecular weight excluding hydrogens is 260 g/mol. The number of aromatic amines is 1. The van der Waals surface area contributed by atoms with E-state index in [0.29, 0.717) is 0 Å². The van der Waals surface area contributed by atoms with E-state index in [-0.39, 0.29) is 0 Å². The zero-order valence-electron chi connectivity index (χ0n) is 11.6. The van der Waals surface area contributed by atoms with E-state index in [1.54, 1.807) is 7.11 Å². The molecule has 0 amide bonds. The van der Waals surface area contributed by atoms with Crippen LogP contribution >= 0.6 is 12.2 Å². The SMILES string of the molecule is COCCN(C)CCn1c(=S)[nH]c2c(C)ccnc21. The number of ether oxygens (including phenoxy) is 1. The number of H-pyrrole nitrogens is 1. The lowest BCUT2D eigenvalue weighted by molar-refractivity contribution is 0.159. The molecule has 2 aromatic heterocycles. The van der Waals surface area contributed by atoms with E-state index in [2.05, 4.69) is 33.4 Å². The van der Waals surface area contributed by atoms with Crippen LogP contribution in [0.15, 0.2) is 12.3 Å². The first-order chi connectivity index (χ1) is 9.13. The highest BCUT2D eigenvalue weighted by Crippen LogP contribution is 2.15. The molecule has 1 N–H and O–H groups in total. The Morgan fingerprint density at radius 3 is 3.00 bits per heavy atom. The Hall–Kier alpha value is -1.24. The van der Waals surface area contributed by atoms with Crippen LogP contribution in [0.1, 0.15) is 5.56 Å². The molecule has 19 heavy (non-hydrogen) atoms. The largest absolute Gasteiger partial charge is 0.383 e. The predicted octanol–water partition coefficient (Wildman–Crippen LogP) is 1.98. The van der Waals surface area contributed by atoms with Crippen molar-refractivity contribution in [1.82, 2.24) is 19.4 Å². The highest BCUT2D eigenvalue weighted by atomic mass is 32.1. The van der Waals surface area contributed by atoms with Gasteiger partial charge in [-0.05, 0) is 37.8 Å². The lowest BCUT2D eigenvalue weighted by Gasteiger charge is -2.16. The van der Waals surface area contributed by atoms with Gasteiger partial charge >= 0.3 is 0 Å². The molecule has 0 aliphatic rings. The van der Waals surface area contributed by atoms with Gasteiger partial charge in [0.1, 0.15) is 0 Å². The standard InChI is InChI=1S/C13H20N4OS/c1-10-4-5-14-12-11(10)15-13(19)17(12)7-6-16(2)8-9-18-3/h4-5H,6-9H2,1-3H3,(H,15,19). The van der Waals surface area contributed by atoms with Crippen molar-refractivity contribution in [1.29, 1.82) is 0 Å². The van der Waals surface area contributed by atoms with Gasteiger partial charge in [0, 0.05) is 32.9 Å². The first kappa shape index (κ1) is 14.2. The Labute approximate surface area is 118 Å². The van der Waals surface area contributed by atoms with E-state index in [4.69, 9.17) is 17.0 Å². The van der Waals surface area contributed by atoms with Crippen molar-refractivity contribution in [2.24, 2.45) is 0 Å². The third-order valence-electron chi connectivity index (χ3n) is 3.25. The molecule has 0 bridgehead atoms. The number of imidazole rings is 1. The van der Waals surface area contributed by atoms with Crippen molar-refractivity contribution < 1.29 is 4.74 Å². The van der Waals surface area contributed by atoms with Crippen LogP contribution in [0.3, 0.4) is 0 Å². The molecular formula is C13H20N4OS. The van der Waals surface area contributed by atoms with Crippen LogP contribution in [0.25, 0.3) is 11.2 Å². The summed E-state index contributed by atoms with van der Waals surface area (Å²) < 4.78 is 7.86. The molecule has 0 spiro atoms. The molecule has 5 nitrogen and oxygen atoms in total. The van der Waals surface area contributed by atoms with Crippen LogP contribution in [0, 0.1) is 11.7 Å². The molecule has 2 aromatic rings. The van der Waals surface area contributed by atoms with Crippen LogP contribution in [0.4, 0.5) is 0 Å². The van der Waals surface area contributed by atoms with E-state index < -0.39 is 0 Å². The Morgan fingerprint density at radius 2 is 2.26 bits per heavy atom. The summed E-state index contributed by atoms with van der Waals surface area (Å²) in [5.41, 5.74) is 3.14. The first-order valence-corrected chi connectivity index (χ1v) is 6.76. The number of likely N-dealkylation sites (N-methyl/N-ethyl adjacent to an activating group) is 1. The second-order valence-corrected chi connectivity index (χ2v) is 5.09. The second-order valence-electron chi connectivity index (χ2n) is 4.70. The summed E-state index contributed by atoms with van der Waals surface area (Å²) in [6, 6.07) is 1.99. The minimum atomic E-state index is 0.733. The van der Waals surface area contributed by atoms with E-state index in [0.717, 1.165) is 42.2 Å². The van der Waals surface area contributed by atoms with E-state index in [9.17, 15) is 0 Å². The molecule has 0 saturated heterocycles. The monoisotopic (exact) mass is 280 g/mol. The Balaban J connectivity index is 2.15. The molecule has 104 valence electrons. The molecule has 6 heteroatoms. The van der Waals surface area contributed by atoms with Crippen molar-refractivity contribution in [3.05, 3.63) is 22.6 Å². The minimum Gasteiger partial charge on any atom is -0.383 e. The average Bonchev–Trinajstić information content (AvgIpc) is 2.71. The molecule has 0 saturated carbocycles. The Bertz CT molecular complexity index is 604. The summed E-state index contributed by atoms with van der Waals surface area (Å²) in [6.07, 6.45) is 1.82. The number of nitrogens with one attached hydrogen (secondary N) is 1. The second kappa shape index (κ2) is 6.27. The molecule has 0 aromatic carbocycles. The smallest absolute Gasteiger partial charge is 0.179 e. The molecule has 2 rings (SSSR count). The normalized spacial score (nSPS) is 11.6. The van der Waals surface area contributed by atoms with Gasteiger partial charge in [0.2, 0.25) is 0 Å². The van der Waals surface area contributed by atoms with E-state index in [1.807, 2.05) is 12.3 Å². The number of pyridine rings is 1. The zero-order chi connectivity index (χ0) is 13.8. The third kappa shape index (κ3) is 3.20. The predicted molar refractivity (Wildman–Crippen MR) is 79.0 cm³/mol. The fraction of sp³-hybridized carbons (Fsp3) is 0.538. The van der Waals surface area contributed by atoms with Gasteiger partial charge in [-0.3, -0.25) is 0 Å². The number of nitrogens with zero attached hydrogens (tertiary/aromatic N) is 3. The van der Waals surface area contributed by atoms with Crippen LogP contribution in [-0.4, -0.2) is 53.3 Å². The lowest BCUT2D eigenvalue weighted by Crippen LogP contribution is -2.26. The maximum Gasteiger partial charge on any atom is 0.179 e. The van der Waals surface area contributed by atoms with Gasteiger partial charge in [0.15, 0.2) is 10.4 Å². The van der Waals surface area contributed by atoms with Crippen LogP contribution in [0.5, 0.6) is 0 Å². The maximum atomic E-state index is 5.38. The molecule has 0 aliphatic carbocycles. The zero-order valence-corrected chi connectivity index (χ0v) is 12.5. The van der Waals surface area contributed by atoms with Gasteiger partial charge in [-0.2, -0.15) is 0 Å². The Kier molecular flexibility index (Phi) is 4.68. The number of fused-ring (bicyclic) bond motifs is 1. The van der Waals surface area contributed by atoms with Crippen LogP contribution < -0.4 is 0 Å². The number of aryl methyl sites for hydroxylation is 1. The highest BCUT2D eigenvalue weighted by molar-refractivity contribution is 7.71. The third-order valence-corrected chi connectivity index (χ3v) is 3.58. The van der Waals surface area contributed by atoms with Gasteiger partial charge in [-0.1, -0.05) is 0 Å². The van der Waals surface area contributed by atoms with Gasteiger partial charge < -0.3 is 19.2 Å². The van der Waals surface area contributed by atoms with Gasteiger partial charge in [-0.15, -0.1) is 0 Å². The van der Waals surface area contributed by atoms with Crippen molar-refractivity contribution in [3.63, 3.8) is 0 Å². The molecule has 0 fully saturated rings. The Morgan fingerprint density at radius 1 is 1.47 bits per heavy atom. The van der Waals surface area contributed by atoms with Gasteiger partial charge in [0.05, 0.1) is 12.1 Å². The van der Waals surface area contributed by atoms with Crippen molar-refractivity contribution >= 4 is 23.4 Å². The summed E-state index contributed by atoms with van der Waals surface area (Å²) >= 11 is 5.38. The highest BCUT2D eigenvalue weighted by Gasteiger charge is 2.08. The number of hydrogen-bond acceptors (Lipinski definition) is 4. The minimum absolute atomic E-state index is 0.733. The molecule has 0 radical (unpaired) electrons. The quantitative estimate of drug-likeness (QED) is 0.822. The van der Waals surface area contributed by atoms with Crippen LogP contribution in [0.2, 0.25) is 0 Å². The van der Waals surface area contributed by atoms with Crippen molar-refractivity contribution in [2.75, 3.05) is 33.9 Å². The van der Waals surface area contributed by atoms with Crippen LogP contribution in [-0.2, 0) is 11.3 Å². The molecule has 0 atom stereocenters. The maximum absolute atomic E-state index is 5.38. The number of rotatable bonds is 6. The number of hydrogen-bond donors (Lipinski definition) is 1. The number of aromatic nitrogens is 3. The molecule has 0 unspecified atom stereocenters. The summed E-state index contributed by atoms with van der Waals surface area (Å²) in [4.78, 5) is 9.88. The van der Waals surface area contributed by atoms with Gasteiger partial charge in [0.25, 0.3) is 0 Å². The lowest BCUT2D eigenvalue weighted by atomic mass is 10.3. The fourth-order valence-corrected chi connectivity index (χ4v) is 2.29. The summed E-state index contributed by atoms with van der Waals surface area (Å²) in [7, 11) is 3.80. The molecule has 0 aliphatic heterocycles.